The minimum atomic E-state index is -1.71. The number of aromatic hydroxyl groups is 1. The molecule has 0 radical (unpaired) electrons. The van der Waals surface area contributed by atoms with Gasteiger partial charge in [0.25, 0.3) is 0 Å². The van der Waals surface area contributed by atoms with Crippen molar-refractivity contribution >= 4 is 47.3 Å². The lowest BCUT2D eigenvalue weighted by Crippen LogP contribution is -2.58. The second-order valence-corrected chi connectivity index (χ2v) is 9.37. The first kappa shape index (κ1) is 32.2. The summed E-state index contributed by atoms with van der Waals surface area (Å²) in [5.74, 6) is -5.88. The van der Waals surface area contributed by atoms with Gasteiger partial charge in [0.15, 0.2) is 0 Å². The Morgan fingerprint density at radius 2 is 1.42 bits per heavy atom. The van der Waals surface area contributed by atoms with Crippen LogP contribution in [-0.4, -0.2) is 87.1 Å². The number of amides is 4. The zero-order valence-electron chi connectivity index (χ0n) is 20.7. The molecule has 0 aliphatic heterocycles. The Balaban J connectivity index is 3.12. The van der Waals surface area contributed by atoms with Crippen LogP contribution in [0.1, 0.15) is 31.2 Å². The van der Waals surface area contributed by atoms with Crippen molar-refractivity contribution in [3.63, 3.8) is 0 Å². The normalized spacial score (nSPS) is 13.8. The number of nitrogens with two attached hydrogens (primary N) is 2. The largest absolute Gasteiger partial charge is 0.508 e. The zero-order valence-corrected chi connectivity index (χ0v) is 21.5. The summed E-state index contributed by atoms with van der Waals surface area (Å²) in [7, 11) is 0. The quantitative estimate of drug-likeness (QED) is 0.107. The third kappa shape index (κ3) is 11.9. The molecule has 0 aromatic heterocycles. The molecule has 1 aromatic carbocycles. The van der Waals surface area contributed by atoms with E-state index in [1.54, 1.807) is 0 Å². The van der Waals surface area contributed by atoms with Crippen molar-refractivity contribution in [2.45, 2.75) is 56.3 Å². The van der Waals surface area contributed by atoms with E-state index in [2.05, 4.69) is 16.0 Å². The fourth-order valence-electron chi connectivity index (χ4n) is 3.20. The topological polar surface area (TPSA) is 251 Å². The predicted molar refractivity (Wildman–Crippen MR) is 137 cm³/mol. The SMILES string of the molecule is CSCCC(N)C(=O)NC(Cc1ccc(O)cc1)C(=O)NC(CC(=O)O)C(=O)NC(CCC(N)=O)C(=O)O. The number of phenolic OH excluding ortho intramolecular Hbond substituents is 1. The molecule has 0 saturated carbocycles. The number of carboxylic acids is 2. The van der Waals surface area contributed by atoms with Gasteiger partial charge in [0.2, 0.25) is 23.6 Å². The van der Waals surface area contributed by atoms with Crippen LogP contribution in [0.3, 0.4) is 0 Å². The molecule has 14 nitrogen and oxygen atoms in total. The molecule has 0 fully saturated rings. The highest BCUT2D eigenvalue weighted by atomic mass is 32.2. The molecule has 4 amide bonds. The van der Waals surface area contributed by atoms with Crippen LogP contribution in [-0.2, 0) is 35.2 Å². The number of aliphatic carboxylic acids is 2. The number of primary amides is 1. The van der Waals surface area contributed by atoms with Crippen molar-refractivity contribution in [1.29, 1.82) is 0 Å². The number of hydrogen-bond acceptors (Lipinski definition) is 9. The highest BCUT2D eigenvalue weighted by molar-refractivity contribution is 7.98. The van der Waals surface area contributed by atoms with Gasteiger partial charge in [-0.05, 0) is 42.5 Å². The molecule has 0 spiro atoms. The molecule has 0 aliphatic carbocycles. The lowest BCUT2D eigenvalue weighted by molar-refractivity contribution is -0.143. The number of thioether (sulfide) groups is 1. The van der Waals surface area contributed by atoms with E-state index in [0.717, 1.165) is 0 Å². The molecule has 1 aromatic rings. The van der Waals surface area contributed by atoms with Crippen molar-refractivity contribution < 1.29 is 44.1 Å². The zero-order chi connectivity index (χ0) is 28.8. The summed E-state index contributed by atoms with van der Waals surface area (Å²) in [4.78, 5) is 72.3. The molecule has 1 rings (SSSR count). The number of carboxylic acid groups (broad SMARTS) is 2. The predicted octanol–water partition coefficient (Wildman–Crippen LogP) is -1.71. The van der Waals surface area contributed by atoms with Crippen molar-refractivity contribution in [3.8, 4) is 5.75 Å². The van der Waals surface area contributed by atoms with Gasteiger partial charge in [-0.3, -0.25) is 24.0 Å². The Morgan fingerprint density at radius 1 is 0.868 bits per heavy atom. The van der Waals surface area contributed by atoms with Crippen molar-refractivity contribution in [1.82, 2.24) is 16.0 Å². The van der Waals surface area contributed by atoms with E-state index in [4.69, 9.17) is 11.5 Å². The van der Waals surface area contributed by atoms with Gasteiger partial charge in [0.05, 0.1) is 12.5 Å². The summed E-state index contributed by atoms with van der Waals surface area (Å²) < 4.78 is 0. The molecule has 10 N–H and O–H groups in total. The number of rotatable bonds is 17. The Morgan fingerprint density at radius 3 is 1.95 bits per heavy atom. The summed E-state index contributed by atoms with van der Waals surface area (Å²) in [6.07, 6.45) is 0.467. The van der Waals surface area contributed by atoms with Gasteiger partial charge in [-0.25, -0.2) is 4.79 Å². The van der Waals surface area contributed by atoms with Crippen molar-refractivity contribution in [3.05, 3.63) is 29.8 Å². The molecule has 4 atom stereocenters. The van der Waals surface area contributed by atoms with E-state index >= 15 is 0 Å². The van der Waals surface area contributed by atoms with Crippen LogP contribution in [0.2, 0.25) is 0 Å². The van der Waals surface area contributed by atoms with Gasteiger partial charge >= 0.3 is 11.9 Å². The molecule has 4 unspecified atom stereocenters. The summed E-state index contributed by atoms with van der Waals surface area (Å²) in [6.45, 7) is 0. The maximum Gasteiger partial charge on any atom is 0.326 e. The first-order valence-corrected chi connectivity index (χ1v) is 12.9. The standard InChI is InChI=1S/C23H33N5O9S/c1-38-9-8-14(24)20(33)27-16(10-12-2-4-13(29)5-3-12)21(34)28-17(11-19(31)32)22(35)26-15(23(36)37)6-7-18(25)30/h2-5,14-17,29H,6-11,24H2,1H3,(H2,25,30)(H,26,35)(H,27,33)(H,28,34)(H,31,32)(H,36,37). The van der Waals surface area contributed by atoms with E-state index < -0.39 is 66.2 Å². The lowest BCUT2D eigenvalue weighted by atomic mass is 10.0. The Hall–Kier alpha value is -3.85. The van der Waals surface area contributed by atoms with E-state index in [0.29, 0.717) is 17.7 Å². The van der Waals surface area contributed by atoms with E-state index in [9.17, 15) is 44.1 Å². The smallest absolute Gasteiger partial charge is 0.326 e. The van der Waals surface area contributed by atoms with Crippen LogP contribution in [0, 0.1) is 0 Å². The summed E-state index contributed by atoms with van der Waals surface area (Å²) >= 11 is 1.48. The monoisotopic (exact) mass is 555 g/mol. The van der Waals surface area contributed by atoms with Gasteiger partial charge in [-0.2, -0.15) is 11.8 Å². The van der Waals surface area contributed by atoms with Crippen LogP contribution >= 0.6 is 11.8 Å². The number of carbonyl (C=O) groups is 6. The van der Waals surface area contributed by atoms with Gasteiger partial charge in [0, 0.05) is 12.8 Å². The van der Waals surface area contributed by atoms with Crippen LogP contribution in [0.25, 0.3) is 0 Å². The summed E-state index contributed by atoms with van der Waals surface area (Å²) in [5.41, 5.74) is 11.4. The molecule has 0 aliphatic rings. The second kappa shape index (κ2) is 16.1. The molecule has 210 valence electrons. The number of nitrogens with one attached hydrogen (secondary N) is 3. The van der Waals surface area contributed by atoms with Gasteiger partial charge < -0.3 is 42.7 Å². The first-order valence-electron chi connectivity index (χ1n) is 11.5. The van der Waals surface area contributed by atoms with Crippen LogP contribution in [0.15, 0.2) is 24.3 Å². The number of phenols is 1. The fourth-order valence-corrected chi connectivity index (χ4v) is 3.69. The third-order valence-electron chi connectivity index (χ3n) is 5.28. The molecule has 0 saturated heterocycles. The summed E-state index contributed by atoms with van der Waals surface area (Å²) in [6, 6.07) is 0.258. The van der Waals surface area contributed by atoms with Crippen molar-refractivity contribution in [2.24, 2.45) is 11.5 Å². The second-order valence-electron chi connectivity index (χ2n) is 8.38. The van der Waals surface area contributed by atoms with E-state index in [-0.39, 0.29) is 25.0 Å². The minimum Gasteiger partial charge on any atom is -0.508 e. The van der Waals surface area contributed by atoms with Gasteiger partial charge in [-0.15, -0.1) is 0 Å². The number of carbonyl (C=O) groups excluding carboxylic acids is 4. The van der Waals surface area contributed by atoms with Crippen LogP contribution < -0.4 is 27.4 Å². The fraction of sp³-hybridized carbons (Fsp3) is 0.478. The Kier molecular flexibility index (Phi) is 13.6. The van der Waals surface area contributed by atoms with Crippen LogP contribution in [0.5, 0.6) is 5.75 Å². The van der Waals surface area contributed by atoms with E-state index in [1.807, 2.05) is 6.26 Å². The Bertz CT molecular complexity index is 1010. The molecular formula is C23H33N5O9S. The van der Waals surface area contributed by atoms with E-state index in [1.165, 1.54) is 36.0 Å². The third-order valence-corrected chi connectivity index (χ3v) is 5.93. The van der Waals surface area contributed by atoms with Crippen molar-refractivity contribution in [2.75, 3.05) is 12.0 Å². The minimum absolute atomic E-state index is 0.0274. The molecule has 38 heavy (non-hydrogen) atoms. The maximum atomic E-state index is 13.1. The molecule has 0 heterocycles. The number of hydrogen-bond donors (Lipinski definition) is 8. The van der Waals surface area contributed by atoms with Gasteiger partial charge in [0.1, 0.15) is 23.9 Å². The maximum absolute atomic E-state index is 13.1. The average molecular weight is 556 g/mol. The number of benzene rings is 1. The highest BCUT2D eigenvalue weighted by Gasteiger charge is 2.32. The van der Waals surface area contributed by atoms with Gasteiger partial charge in [-0.1, -0.05) is 12.1 Å². The summed E-state index contributed by atoms with van der Waals surface area (Å²) in [5, 5.41) is 34.9. The lowest BCUT2D eigenvalue weighted by Gasteiger charge is -2.24. The first-order chi connectivity index (χ1) is 17.8. The molecular weight excluding hydrogens is 522 g/mol. The Labute approximate surface area is 222 Å². The average Bonchev–Trinajstić information content (AvgIpc) is 2.84. The molecule has 15 heteroatoms. The molecule has 0 bridgehead atoms. The van der Waals surface area contributed by atoms with Crippen LogP contribution in [0.4, 0.5) is 0 Å². The highest BCUT2D eigenvalue weighted by Crippen LogP contribution is 2.12.